The SMILES string of the molecule is CSc1ccc(NC(=O)N2CCN(CC(C)C)C(=O)C2C)cc1. The van der Waals surface area contributed by atoms with E-state index in [-0.39, 0.29) is 11.9 Å². The number of amides is 3. The lowest BCUT2D eigenvalue weighted by Crippen LogP contribution is -2.58. The molecule has 126 valence electrons. The number of piperazine rings is 1. The minimum Gasteiger partial charge on any atom is -0.339 e. The van der Waals surface area contributed by atoms with E-state index >= 15 is 0 Å². The lowest BCUT2D eigenvalue weighted by atomic mass is 10.1. The van der Waals surface area contributed by atoms with E-state index in [2.05, 4.69) is 19.2 Å². The number of carbonyl (C=O) groups is 2. The maximum Gasteiger partial charge on any atom is 0.322 e. The maximum atomic E-state index is 12.4. The highest BCUT2D eigenvalue weighted by Gasteiger charge is 2.34. The standard InChI is InChI=1S/C17H25N3O2S/c1-12(2)11-19-9-10-20(13(3)16(19)21)17(22)18-14-5-7-15(23-4)8-6-14/h5-8,12-13H,9-11H2,1-4H3,(H,18,22). The van der Waals surface area contributed by atoms with Crippen molar-refractivity contribution in [1.29, 1.82) is 0 Å². The summed E-state index contributed by atoms with van der Waals surface area (Å²) in [5.41, 5.74) is 0.747. The van der Waals surface area contributed by atoms with E-state index in [9.17, 15) is 9.59 Å². The molecular weight excluding hydrogens is 310 g/mol. The summed E-state index contributed by atoms with van der Waals surface area (Å²) in [6, 6.07) is 7.06. The molecule has 1 unspecified atom stereocenters. The van der Waals surface area contributed by atoms with E-state index in [0.717, 1.165) is 17.1 Å². The Labute approximate surface area is 142 Å². The van der Waals surface area contributed by atoms with E-state index in [1.807, 2.05) is 35.4 Å². The summed E-state index contributed by atoms with van der Waals surface area (Å²) in [5.74, 6) is 0.458. The summed E-state index contributed by atoms with van der Waals surface area (Å²) in [5, 5.41) is 2.88. The number of thioether (sulfide) groups is 1. The fourth-order valence-electron chi connectivity index (χ4n) is 2.70. The molecule has 3 amide bonds. The van der Waals surface area contributed by atoms with Crippen LogP contribution in [0.5, 0.6) is 0 Å². The molecule has 1 saturated heterocycles. The predicted octanol–water partition coefficient (Wildman–Crippen LogP) is 3.13. The van der Waals surface area contributed by atoms with Crippen molar-refractivity contribution in [3.63, 3.8) is 0 Å². The normalized spacial score (nSPS) is 18.5. The number of nitrogens with one attached hydrogen (secondary N) is 1. The summed E-state index contributed by atoms with van der Waals surface area (Å²) in [4.78, 5) is 29.5. The van der Waals surface area contributed by atoms with Gasteiger partial charge in [0.05, 0.1) is 0 Å². The average molecular weight is 335 g/mol. The van der Waals surface area contributed by atoms with Gasteiger partial charge in [-0.2, -0.15) is 0 Å². The van der Waals surface area contributed by atoms with Gasteiger partial charge in [0.1, 0.15) is 6.04 Å². The second kappa shape index (κ2) is 7.73. The Morgan fingerprint density at radius 3 is 2.52 bits per heavy atom. The number of hydrogen-bond donors (Lipinski definition) is 1. The van der Waals surface area contributed by atoms with Crippen molar-refractivity contribution in [3.8, 4) is 0 Å². The van der Waals surface area contributed by atoms with E-state index in [1.165, 1.54) is 0 Å². The highest BCUT2D eigenvalue weighted by Crippen LogP contribution is 2.19. The van der Waals surface area contributed by atoms with E-state index in [1.54, 1.807) is 23.6 Å². The van der Waals surface area contributed by atoms with Gasteiger partial charge in [-0.15, -0.1) is 11.8 Å². The van der Waals surface area contributed by atoms with Gasteiger partial charge in [-0.25, -0.2) is 4.79 Å². The fourth-order valence-corrected chi connectivity index (χ4v) is 3.11. The van der Waals surface area contributed by atoms with Gasteiger partial charge < -0.3 is 15.1 Å². The fraction of sp³-hybridized carbons (Fsp3) is 0.529. The van der Waals surface area contributed by atoms with Crippen LogP contribution in [0, 0.1) is 5.92 Å². The average Bonchev–Trinajstić information content (AvgIpc) is 2.52. The third-order valence-corrected chi connectivity index (χ3v) is 4.68. The van der Waals surface area contributed by atoms with Gasteiger partial charge >= 0.3 is 6.03 Å². The Hall–Kier alpha value is -1.69. The molecule has 0 aliphatic carbocycles. The van der Waals surface area contributed by atoms with Crippen molar-refractivity contribution in [2.75, 3.05) is 31.2 Å². The number of anilines is 1. The number of urea groups is 1. The summed E-state index contributed by atoms with van der Waals surface area (Å²) in [6.07, 6.45) is 2.01. The quantitative estimate of drug-likeness (QED) is 0.860. The Morgan fingerprint density at radius 1 is 1.30 bits per heavy atom. The van der Waals surface area contributed by atoms with Crippen molar-refractivity contribution in [1.82, 2.24) is 9.80 Å². The predicted molar refractivity (Wildman–Crippen MR) is 94.8 cm³/mol. The molecule has 1 aromatic rings. The molecule has 0 saturated carbocycles. The summed E-state index contributed by atoms with van der Waals surface area (Å²) in [6.45, 7) is 7.89. The minimum atomic E-state index is -0.423. The molecule has 2 rings (SSSR count). The third kappa shape index (κ3) is 4.41. The molecule has 1 N–H and O–H groups in total. The second-order valence-corrected chi connectivity index (χ2v) is 7.09. The maximum absolute atomic E-state index is 12.4. The zero-order valence-corrected chi connectivity index (χ0v) is 15.0. The van der Waals surface area contributed by atoms with Gasteiger partial charge in [-0.05, 0) is 43.4 Å². The molecule has 0 spiro atoms. The van der Waals surface area contributed by atoms with E-state index in [4.69, 9.17) is 0 Å². The van der Waals surface area contributed by atoms with Crippen LogP contribution in [-0.4, -0.2) is 53.7 Å². The Bertz CT molecular complexity index is 559. The molecule has 1 aromatic carbocycles. The van der Waals surface area contributed by atoms with Crippen LogP contribution < -0.4 is 5.32 Å². The van der Waals surface area contributed by atoms with Gasteiger partial charge in [0.15, 0.2) is 0 Å². The Kier molecular flexibility index (Phi) is 5.93. The zero-order chi connectivity index (χ0) is 17.0. The smallest absolute Gasteiger partial charge is 0.322 e. The van der Waals surface area contributed by atoms with Crippen molar-refractivity contribution >= 4 is 29.4 Å². The molecule has 0 radical (unpaired) electrons. The van der Waals surface area contributed by atoms with Gasteiger partial charge in [0.2, 0.25) is 5.91 Å². The topological polar surface area (TPSA) is 52.7 Å². The molecule has 1 fully saturated rings. The van der Waals surface area contributed by atoms with Gasteiger partial charge in [0.25, 0.3) is 0 Å². The third-order valence-electron chi connectivity index (χ3n) is 3.94. The van der Waals surface area contributed by atoms with Crippen LogP contribution in [0.4, 0.5) is 10.5 Å². The largest absolute Gasteiger partial charge is 0.339 e. The lowest BCUT2D eigenvalue weighted by molar-refractivity contribution is -0.139. The highest BCUT2D eigenvalue weighted by atomic mass is 32.2. The highest BCUT2D eigenvalue weighted by molar-refractivity contribution is 7.98. The minimum absolute atomic E-state index is 0.0258. The zero-order valence-electron chi connectivity index (χ0n) is 14.2. The van der Waals surface area contributed by atoms with Crippen molar-refractivity contribution < 1.29 is 9.59 Å². The molecular formula is C17H25N3O2S. The molecule has 1 heterocycles. The summed E-state index contributed by atoms with van der Waals surface area (Å²) >= 11 is 1.66. The lowest BCUT2D eigenvalue weighted by Gasteiger charge is -2.39. The van der Waals surface area contributed by atoms with Crippen LogP contribution in [0.3, 0.4) is 0 Å². The van der Waals surface area contributed by atoms with Crippen molar-refractivity contribution in [2.24, 2.45) is 5.92 Å². The van der Waals surface area contributed by atoms with Crippen molar-refractivity contribution in [3.05, 3.63) is 24.3 Å². The van der Waals surface area contributed by atoms with Gasteiger partial charge in [-0.1, -0.05) is 13.8 Å². The number of nitrogens with zero attached hydrogens (tertiary/aromatic N) is 2. The van der Waals surface area contributed by atoms with Crippen LogP contribution >= 0.6 is 11.8 Å². The second-order valence-electron chi connectivity index (χ2n) is 6.21. The van der Waals surface area contributed by atoms with Gasteiger partial charge in [-0.3, -0.25) is 4.79 Å². The van der Waals surface area contributed by atoms with Gasteiger partial charge in [0, 0.05) is 30.2 Å². The molecule has 1 aliphatic heterocycles. The molecule has 0 aromatic heterocycles. The first-order valence-corrected chi connectivity index (χ1v) is 9.15. The molecule has 6 heteroatoms. The number of carbonyl (C=O) groups excluding carboxylic acids is 2. The van der Waals surface area contributed by atoms with Crippen LogP contribution in [0.25, 0.3) is 0 Å². The number of rotatable bonds is 4. The summed E-state index contributed by atoms with van der Waals surface area (Å²) in [7, 11) is 0. The first-order valence-electron chi connectivity index (χ1n) is 7.93. The molecule has 1 atom stereocenters. The van der Waals surface area contributed by atoms with Crippen LogP contribution in [-0.2, 0) is 4.79 Å². The Morgan fingerprint density at radius 2 is 1.96 bits per heavy atom. The van der Waals surface area contributed by atoms with E-state index in [0.29, 0.717) is 19.0 Å². The number of benzene rings is 1. The monoisotopic (exact) mass is 335 g/mol. The van der Waals surface area contributed by atoms with Crippen LogP contribution in [0.15, 0.2) is 29.2 Å². The van der Waals surface area contributed by atoms with Crippen molar-refractivity contribution in [2.45, 2.75) is 31.7 Å². The molecule has 23 heavy (non-hydrogen) atoms. The first kappa shape index (κ1) is 17.7. The molecule has 1 aliphatic rings. The van der Waals surface area contributed by atoms with E-state index < -0.39 is 6.04 Å². The molecule has 5 nitrogen and oxygen atoms in total. The number of hydrogen-bond acceptors (Lipinski definition) is 3. The molecule has 0 bridgehead atoms. The Balaban J connectivity index is 1.98. The summed E-state index contributed by atoms with van der Waals surface area (Å²) < 4.78 is 0. The van der Waals surface area contributed by atoms with Crippen LogP contribution in [0.1, 0.15) is 20.8 Å². The van der Waals surface area contributed by atoms with Crippen LogP contribution in [0.2, 0.25) is 0 Å². The first-order chi connectivity index (χ1) is 10.9.